The zero-order valence-corrected chi connectivity index (χ0v) is 16.5. The summed E-state index contributed by atoms with van der Waals surface area (Å²) in [6, 6.07) is 7.51. The first-order valence-corrected chi connectivity index (χ1v) is 9.30. The zero-order chi connectivity index (χ0) is 19.6. The standard InChI is InChI=1S/C21H27N3O3/c1-14-6-7-19(27-4)18(12-14)21(26)24-9-5-8-23(10-11-24)20(25)17-13-15(2)22-16(17)3/h6-7,12-13,22H,5,8-11H2,1-4H3. The number of nitrogens with one attached hydrogen (secondary N) is 1. The van der Waals surface area contributed by atoms with E-state index in [1.807, 2.05) is 54.8 Å². The van der Waals surface area contributed by atoms with Gasteiger partial charge in [0.1, 0.15) is 5.75 Å². The molecule has 0 bridgehead atoms. The van der Waals surface area contributed by atoms with E-state index < -0.39 is 0 Å². The van der Waals surface area contributed by atoms with Crippen molar-refractivity contribution in [3.05, 3.63) is 52.3 Å². The van der Waals surface area contributed by atoms with Gasteiger partial charge in [0.25, 0.3) is 11.8 Å². The molecule has 0 spiro atoms. The maximum absolute atomic E-state index is 13.0. The summed E-state index contributed by atoms with van der Waals surface area (Å²) in [6.45, 7) is 8.15. The molecule has 6 heteroatoms. The predicted molar refractivity (Wildman–Crippen MR) is 104 cm³/mol. The summed E-state index contributed by atoms with van der Waals surface area (Å²) >= 11 is 0. The Balaban J connectivity index is 1.73. The van der Waals surface area contributed by atoms with Gasteiger partial charge in [0.2, 0.25) is 0 Å². The van der Waals surface area contributed by atoms with Crippen molar-refractivity contribution in [2.75, 3.05) is 33.3 Å². The van der Waals surface area contributed by atoms with Crippen molar-refractivity contribution in [1.29, 1.82) is 0 Å². The highest BCUT2D eigenvalue weighted by Crippen LogP contribution is 2.22. The molecule has 6 nitrogen and oxygen atoms in total. The molecule has 0 aliphatic carbocycles. The van der Waals surface area contributed by atoms with E-state index in [2.05, 4.69) is 4.98 Å². The normalized spacial score (nSPS) is 14.8. The fraction of sp³-hybridized carbons (Fsp3) is 0.429. The number of amides is 2. The van der Waals surface area contributed by atoms with E-state index in [0.29, 0.717) is 43.1 Å². The topological polar surface area (TPSA) is 65.6 Å². The van der Waals surface area contributed by atoms with Crippen molar-refractivity contribution in [1.82, 2.24) is 14.8 Å². The maximum atomic E-state index is 13.0. The Morgan fingerprint density at radius 3 is 2.11 bits per heavy atom. The molecule has 0 saturated carbocycles. The van der Waals surface area contributed by atoms with Crippen molar-refractivity contribution in [3.8, 4) is 5.75 Å². The Hall–Kier alpha value is -2.76. The zero-order valence-electron chi connectivity index (χ0n) is 16.5. The second-order valence-corrected chi connectivity index (χ2v) is 7.13. The van der Waals surface area contributed by atoms with Crippen molar-refractivity contribution >= 4 is 11.8 Å². The number of H-pyrrole nitrogens is 1. The molecule has 1 aromatic carbocycles. The van der Waals surface area contributed by atoms with Crippen LogP contribution >= 0.6 is 0 Å². The number of hydrogen-bond acceptors (Lipinski definition) is 3. The molecular weight excluding hydrogens is 342 g/mol. The molecule has 1 aliphatic heterocycles. The van der Waals surface area contributed by atoms with Gasteiger partial charge in [-0.05, 0) is 45.4 Å². The van der Waals surface area contributed by atoms with Crippen LogP contribution in [0.2, 0.25) is 0 Å². The number of aromatic amines is 1. The van der Waals surface area contributed by atoms with Gasteiger partial charge in [-0.3, -0.25) is 9.59 Å². The first-order chi connectivity index (χ1) is 12.9. The Kier molecular flexibility index (Phi) is 5.54. The van der Waals surface area contributed by atoms with E-state index in [1.165, 1.54) is 0 Å². The molecule has 2 aromatic rings. The third-order valence-electron chi connectivity index (χ3n) is 5.04. The Morgan fingerprint density at radius 2 is 1.56 bits per heavy atom. The van der Waals surface area contributed by atoms with Gasteiger partial charge in [0.15, 0.2) is 0 Å². The van der Waals surface area contributed by atoms with Gasteiger partial charge in [-0.15, -0.1) is 0 Å². The number of methoxy groups -OCH3 is 1. The predicted octanol–water partition coefficient (Wildman–Crippen LogP) is 2.94. The Labute approximate surface area is 160 Å². The lowest BCUT2D eigenvalue weighted by molar-refractivity contribution is 0.0716. The fourth-order valence-corrected chi connectivity index (χ4v) is 3.60. The van der Waals surface area contributed by atoms with E-state index >= 15 is 0 Å². The lowest BCUT2D eigenvalue weighted by Gasteiger charge is -2.23. The second-order valence-electron chi connectivity index (χ2n) is 7.13. The Morgan fingerprint density at radius 1 is 0.926 bits per heavy atom. The number of aromatic nitrogens is 1. The first kappa shape index (κ1) is 19.0. The quantitative estimate of drug-likeness (QED) is 0.905. The summed E-state index contributed by atoms with van der Waals surface area (Å²) in [7, 11) is 1.57. The third kappa shape index (κ3) is 3.99. The minimum Gasteiger partial charge on any atom is -0.496 e. The summed E-state index contributed by atoms with van der Waals surface area (Å²) in [5.41, 5.74) is 4.18. The van der Waals surface area contributed by atoms with Gasteiger partial charge in [0, 0.05) is 37.6 Å². The summed E-state index contributed by atoms with van der Waals surface area (Å²) in [6.07, 6.45) is 0.758. The summed E-state index contributed by atoms with van der Waals surface area (Å²) in [5, 5.41) is 0. The Bertz CT molecular complexity index is 856. The van der Waals surface area contributed by atoms with Gasteiger partial charge in [-0.1, -0.05) is 11.6 Å². The molecule has 1 aliphatic rings. The van der Waals surface area contributed by atoms with E-state index in [1.54, 1.807) is 7.11 Å². The SMILES string of the molecule is COc1ccc(C)cc1C(=O)N1CCCN(C(=O)c2cc(C)[nH]c2C)CC1. The smallest absolute Gasteiger partial charge is 0.257 e. The minimum atomic E-state index is -0.0430. The van der Waals surface area contributed by atoms with Crippen molar-refractivity contribution in [3.63, 3.8) is 0 Å². The summed E-state index contributed by atoms with van der Waals surface area (Å²) in [4.78, 5) is 32.7. The molecule has 0 radical (unpaired) electrons. The van der Waals surface area contributed by atoms with Crippen LogP contribution in [0.1, 0.15) is 44.1 Å². The largest absolute Gasteiger partial charge is 0.496 e. The first-order valence-electron chi connectivity index (χ1n) is 9.30. The van der Waals surface area contributed by atoms with Gasteiger partial charge in [0.05, 0.1) is 18.2 Å². The number of ether oxygens (including phenoxy) is 1. The molecule has 1 saturated heterocycles. The number of benzene rings is 1. The van der Waals surface area contributed by atoms with Crippen LogP contribution in [0.5, 0.6) is 5.75 Å². The van der Waals surface area contributed by atoms with Crippen LogP contribution in [0.3, 0.4) is 0 Å². The molecular formula is C21H27N3O3. The number of nitrogens with zero attached hydrogens (tertiary/aromatic N) is 2. The van der Waals surface area contributed by atoms with Gasteiger partial charge < -0.3 is 19.5 Å². The van der Waals surface area contributed by atoms with Crippen LogP contribution in [-0.2, 0) is 0 Å². The maximum Gasteiger partial charge on any atom is 0.257 e. The van der Waals surface area contributed by atoms with Crippen LogP contribution in [0, 0.1) is 20.8 Å². The van der Waals surface area contributed by atoms with Crippen molar-refractivity contribution in [2.24, 2.45) is 0 Å². The van der Waals surface area contributed by atoms with E-state index in [0.717, 1.165) is 23.4 Å². The van der Waals surface area contributed by atoms with Crippen molar-refractivity contribution in [2.45, 2.75) is 27.2 Å². The number of hydrogen-bond donors (Lipinski definition) is 1. The van der Waals surface area contributed by atoms with Crippen LogP contribution < -0.4 is 4.74 Å². The van der Waals surface area contributed by atoms with Crippen LogP contribution in [0.25, 0.3) is 0 Å². The third-order valence-corrected chi connectivity index (χ3v) is 5.04. The summed E-state index contributed by atoms with van der Waals surface area (Å²) in [5.74, 6) is 0.569. The summed E-state index contributed by atoms with van der Waals surface area (Å²) < 4.78 is 5.36. The number of aryl methyl sites for hydroxylation is 3. The molecule has 1 fully saturated rings. The van der Waals surface area contributed by atoms with Crippen LogP contribution in [0.4, 0.5) is 0 Å². The molecule has 0 atom stereocenters. The lowest BCUT2D eigenvalue weighted by atomic mass is 10.1. The lowest BCUT2D eigenvalue weighted by Crippen LogP contribution is -2.37. The highest BCUT2D eigenvalue weighted by Gasteiger charge is 2.26. The highest BCUT2D eigenvalue weighted by molar-refractivity contribution is 5.98. The molecule has 2 heterocycles. The van der Waals surface area contributed by atoms with Crippen molar-refractivity contribution < 1.29 is 14.3 Å². The molecule has 1 aromatic heterocycles. The van der Waals surface area contributed by atoms with Crippen LogP contribution in [0.15, 0.2) is 24.3 Å². The highest BCUT2D eigenvalue weighted by atomic mass is 16.5. The molecule has 3 rings (SSSR count). The van der Waals surface area contributed by atoms with E-state index in [4.69, 9.17) is 4.74 Å². The number of rotatable bonds is 3. The monoisotopic (exact) mass is 369 g/mol. The van der Waals surface area contributed by atoms with Crippen LogP contribution in [-0.4, -0.2) is 59.9 Å². The molecule has 144 valence electrons. The van der Waals surface area contributed by atoms with E-state index in [9.17, 15) is 9.59 Å². The second kappa shape index (κ2) is 7.86. The average Bonchev–Trinajstić information content (AvgIpc) is 2.85. The fourth-order valence-electron chi connectivity index (χ4n) is 3.60. The van der Waals surface area contributed by atoms with Gasteiger partial charge in [-0.2, -0.15) is 0 Å². The molecule has 1 N–H and O–H groups in total. The van der Waals surface area contributed by atoms with Gasteiger partial charge in [-0.25, -0.2) is 0 Å². The molecule has 0 unspecified atom stereocenters. The minimum absolute atomic E-state index is 0.0271. The van der Waals surface area contributed by atoms with E-state index in [-0.39, 0.29) is 11.8 Å². The number of carbonyl (C=O) groups excluding carboxylic acids is 2. The number of carbonyl (C=O) groups is 2. The molecule has 2 amide bonds. The average molecular weight is 369 g/mol. The van der Waals surface area contributed by atoms with Gasteiger partial charge >= 0.3 is 0 Å². The molecule has 27 heavy (non-hydrogen) atoms.